The average Bonchev–Trinajstić information content (AvgIpc) is 3.66. The van der Waals surface area contributed by atoms with Crippen LogP contribution in [0, 0.1) is 11.8 Å². The van der Waals surface area contributed by atoms with E-state index in [1.54, 1.807) is 0 Å². The van der Waals surface area contributed by atoms with Gasteiger partial charge < -0.3 is 33.8 Å². The van der Waals surface area contributed by atoms with Crippen molar-refractivity contribution in [2.24, 2.45) is 11.8 Å². The van der Waals surface area contributed by atoms with Crippen molar-refractivity contribution in [1.29, 1.82) is 0 Å². The Morgan fingerprint density at radius 1 is 0.333 bits per heavy atom. The van der Waals surface area contributed by atoms with E-state index in [9.17, 15) is 43.2 Å². The molecular weight excluding hydrogens is 1150 g/mol. The second-order valence-electron chi connectivity index (χ2n) is 25.3. The number of aliphatic hydroxyl groups excluding tert-OH is 1. The Kier molecular flexibility index (Phi) is 59.0. The van der Waals surface area contributed by atoms with Crippen molar-refractivity contribution in [1.82, 2.24) is 0 Å². The Bertz CT molecular complexity index is 1700. The monoisotopic (exact) mass is 1280 g/mol. The van der Waals surface area contributed by atoms with Crippen LogP contribution in [-0.4, -0.2) is 96.7 Å². The van der Waals surface area contributed by atoms with Gasteiger partial charge >= 0.3 is 39.5 Å². The van der Waals surface area contributed by atoms with Crippen LogP contribution >= 0.6 is 15.6 Å². The third-order valence-corrected chi connectivity index (χ3v) is 18.0. The van der Waals surface area contributed by atoms with Crippen molar-refractivity contribution in [2.75, 3.05) is 39.6 Å². The van der Waals surface area contributed by atoms with Gasteiger partial charge in [0.05, 0.1) is 26.4 Å². The Balaban J connectivity index is 5.24. The zero-order chi connectivity index (χ0) is 64.3. The Morgan fingerprint density at radius 2 is 0.586 bits per heavy atom. The van der Waals surface area contributed by atoms with Crippen molar-refractivity contribution in [3.63, 3.8) is 0 Å². The fraction of sp³-hybridized carbons (Fsp3) is 0.941. The number of hydrogen-bond acceptors (Lipinski definition) is 15. The molecule has 0 rings (SSSR count). The van der Waals surface area contributed by atoms with Crippen LogP contribution < -0.4 is 0 Å². The second kappa shape index (κ2) is 60.3. The fourth-order valence-corrected chi connectivity index (χ4v) is 11.8. The first-order chi connectivity index (χ1) is 41.9. The van der Waals surface area contributed by atoms with Gasteiger partial charge in [0.25, 0.3) is 0 Å². The van der Waals surface area contributed by atoms with Gasteiger partial charge in [-0.3, -0.25) is 37.3 Å². The molecule has 0 aromatic rings. The highest BCUT2D eigenvalue weighted by atomic mass is 31.2. The summed E-state index contributed by atoms with van der Waals surface area (Å²) in [6.07, 6.45) is 44.3. The number of esters is 4. The zero-order valence-corrected chi connectivity index (χ0v) is 58.1. The molecule has 0 amide bonds. The van der Waals surface area contributed by atoms with Gasteiger partial charge in [-0.2, -0.15) is 0 Å². The van der Waals surface area contributed by atoms with E-state index in [-0.39, 0.29) is 25.7 Å². The Labute approximate surface area is 530 Å². The van der Waals surface area contributed by atoms with Crippen LogP contribution in [0.1, 0.15) is 343 Å². The zero-order valence-electron chi connectivity index (χ0n) is 56.3. The Hall–Kier alpha value is -1.94. The van der Waals surface area contributed by atoms with Gasteiger partial charge in [-0.15, -0.1) is 0 Å². The average molecular weight is 1280 g/mol. The lowest BCUT2D eigenvalue weighted by atomic mass is 9.99. The predicted octanol–water partition coefficient (Wildman–Crippen LogP) is 19.2. The van der Waals surface area contributed by atoms with Gasteiger partial charge in [0.2, 0.25) is 0 Å². The van der Waals surface area contributed by atoms with Gasteiger partial charge in [-0.05, 0) is 37.5 Å². The molecule has 0 spiro atoms. The molecule has 0 aliphatic rings. The number of hydrogen-bond donors (Lipinski definition) is 3. The second-order valence-corrected chi connectivity index (χ2v) is 28.2. The number of ether oxygens (including phenoxy) is 4. The number of aliphatic hydroxyl groups is 1. The molecule has 0 saturated carbocycles. The molecule has 0 fully saturated rings. The van der Waals surface area contributed by atoms with Crippen LogP contribution in [0.4, 0.5) is 0 Å². The molecule has 0 radical (unpaired) electrons. The van der Waals surface area contributed by atoms with Crippen LogP contribution in [0.5, 0.6) is 0 Å². The first-order valence-corrected chi connectivity index (χ1v) is 38.5. The number of rotatable bonds is 67. The normalized spacial score (nSPS) is 14.5. The maximum absolute atomic E-state index is 13.0. The van der Waals surface area contributed by atoms with Crippen molar-refractivity contribution in [3.05, 3.63) is 0 Å². The van der Waals surface area contributed by atoms with E-state index >= 15 is 0 Å². The van der Waals surface area contributed by atoms with E-state index in [0.29, 0.717) is 25.7 Å². The maximum atomic E-state index is 13.0. The summed E-state index contributed by atoms with van der Waals surface area (Å²) < 4.78 is 68.2. The van der Waals surface area contributed by atoms with Crippen LogP contribution in [-0.2, 0) is 65.4 Å². The minimum Gasteiger partial charge on any atom is -0.462 e. The van der Waals surface area contributed by atoms with Gasteiger partial charge in [0.15, 0.2) is 12.2 Å². The lowest BCUT2D eigenvalue weighted by Crippen LogP contribution is -2.30. The third-order valence-electron chi connectivity index (χ3n) is 16.1. The van der Waals surface area contributed by atoms with Crippen molar-refractivity contribution < 1.29 is 80.2 Å². The third kappa shape index (κ3) is 61.3. The standard InChI is InChI=1S/C68H132O17P2/c1-7-10-12-14-16-18-19-20-23-26-33-39-45-51-66(71)79-57-64(84-67(72)52-46-40-34-27-24-21-22-25-30-36-42-48-60(4)5)59-83-87(76,77)81-55-62(69)54-80-86(74,75)82-58-63(56-78-65(70)50-44-38-32-17-15-13-11-8-2)85-68(73)53-47-41-35-29-28-31-37-43-49-61(6)9-3/h60-64,69H,7-59H2,1-6H3,(H,74,75)(H,76,77)/t61?,62-,63+,64+/m0/s1. The van der Waals surface area contributed by atoms with Crippen LogP contribution in [0.25, 0.3) is 0 Å². The first-order valence-electron chi connectivity index (χ1n) is 35.5. The fourth-order valence-electron chi connectivity index (χ4n) is 10.2. The quantitative estimate of drug-likeness (QED) is 0.0222. The van der Waals surface area contributed by atoms with E-state index in [2.05, 4.69) is 41.5 Å². The van der Waals surface area contributed by atoms with Crippen LogP contribution in [0.2, 0.25) is 0 Å². The summed E-state index contributed by atoms with van der Waals surface area (Å²) in [7, 11) is -9.89. The van der Waals surface area contributed by atoms with Gasteiger partial charge in [-0.25, -0.2) is 9.13 Å². The summed E-state index contributed by atoms with van der Waals surface area (Å²) in [5.74, 6) is -0.594. The van der Waals surface area contributed by atoms with Gasteiger partial charge in [-0.1, -0.05) is 292 Å². The minimum absolute atomic E-state index is 0.105. The molecule has 6 atom stereocenters. The number of carbonyl (C=O) groups excluding carboxylic acids is 4. The van der Waals surface area contributed by atoms with Crippen molar-refractivity contribution >= 4 is 39.5 Å². The molecule has 0 aliphatic heterocycles. The molecule has 516 valence electrons. The number of carbonyl (C=O) groups is 4. The molecule has 0 heterocycles. The molecule has 3 unspecified atom stereocenters. The van der Waals surface area contributed by atoms with E-state index < -0.39 is 97.5 Å². The first kappa shape index (κ1) is 85.1. The molecular formula is C68H132O17P2. The summed E-state index contributed by atoms with van der Waals surface area (Å²) in [5, 5.41) is 10.6. The molecule has 3 N–H and O–H groups in total. The summed E-state index contributed by atoms with van der Waals surface area (Å²) in [4.78, 5) is 72.4. The van der Waals surface area contributed by atoms with E-state index in [0.717, 1.165) is 108 Å². The molecule has 0 bridgehead atoms. The highest BCUT2D eigenvalue weighted by Gasteiger charge is 2.30. The largest absolute Gasteiger partial charge is 0.472 e. The molecule has 0 aromatic carbocycles. The van der Waals surface area contributed by atoms with E-state index in [4.69, 9.17) is 37.0 Å². The SMILES string of the molecule is CCCCCCCCCCCCCCCC(=O)OC[C@H](COP(=O)(O)OC[C@@H](O)COP(=O)(O)OC[C@@H](COC(=O)CCCCCCCCCC)OC(=O)CCCCCCCCCCC(C)CC)OC(=O)CCCCCCCCCCCCCC(C)C. The molecule has 0 aliphatic carbocycles. The summed E-state index contributed by atoms with van der Waals surface area (Å²) in [6.45, 7) is 9.51. The molecule has 17 nitrogen and oxygen atoms in total. The van der Waals surface area contributed by atoms with Gasteiger partial charge in [0.1, 0.15) is 19.3 Å². The minimum atomic E-state index is -4.95. The van der Waals surface area contributed by atoms with Crippen LogP contribution in [0.15, 0.2) is 0 Å². The molecule has 0 saturated heterocycles. The number of unbranched alkanes of at least 4 members (excludes halogenated alkanes) is 36. The highest BCUT2D eigenvalue weighted by molar-refractivity contribution is 7.47. The van der Waals surface area contributed by atoms with Crippen LogP contribution in [0.3, 0.4) is 0 Å². The molecule has 87 heavy (non-hydrogen) atoms. The smallest absolute Gasteiger partial charge is 0.462 e. The molecule has 19 heteroatoms. The lowest BCUT2D eigenvalue weighted by Gasteiger charge is -2.21. The summed E-state index contributed by atoms with van der Waals surface area (Å²) in [6, 6.07) is 0. The predicted molar refractivity (Wildman–Crippen MR) is 349 cm³/mol. The van der Waals surface area contributed by atoms with Crippen molar-refractivity contribution in [3.8, 4) is 0 Å². The number of phosphoric ester groups is 2. The summed E-state index contributed by atoms with van der Waals surface area (Å²) in [5.41, 5.74) is 0. The number of phosphoric acid groups is 2. The summed E-state index contributed by atoms with van der Waals surface area (Å²) >= 11 is 0. The Morgan fingerprint density at radius 3 is 0.874 bits per heavy atom. The lowest BCUT2D eigenvalue weighted by molar-refractivity contribution is -0.161. The van der Waals surface area contributed by atoms with Gasteiger partial charge in [0, 0.05) is 25.7 Å². The topological polar surface area (TPSA) is 237 Å². The molecule has 0 aromatic heterocycles. The van der Waals surface area contributed by atoms with Crippen molar-refractivity contribution in [2.45, 2.75) is 362 Å². The highest BCUT2D eigenvalue weighted by Crippen LogP contribution is 2.45. The van der Waals surface area contributed by atoms with E-state index in [1.807, 2.05) is 0 Å². The maximum Gasteiger partial charge on any atom is 0.472 e. The van der Waals surface area contributed by atoms with E-state index in [1.165, 1.54) is 154 Å².